The van der Waals surface area contributed by atoms with Gasteiger partial charge >= 0.3 is 0 Å². The first-order chi connectivity index (χ1) is 31.6. The Morgan fingerprint density at radius 1 is 0.587 bits per heavy atom. The molecule has 0 unspecified atom stereocenters. The number of nitrogens with zero attached hydrogens (tertiary/aromatic N) is 2. The van der Waals surface area contributed by atoms with Gasteiger partial charge in [0.2, 0.25) is 0 Å². The van der Waals surface area contributed by atoms with Crippen LogP contribution in [0.4, 0.5) is 34.1 Å². The van der Waals surface area contributed by atoms with E-state index < -0.39 is 6.04 Å². The van der Waals surface area contributed by atoms with Crippen LogP contribution in [-0.4, -0.2) is 6.71 Å². The number of fused-ring (bicyclic) bond motifs is 7. The maximum Gasteiger partial charge on any atom is 0.264 e. The number of anilines is 6. The first-order valence-corrected chi connectivity index (χ1v) is 23.7. The summed E-state index contributed by atoms with van der Waals surface area (Å²) < 4.78 is 47.6. The van der Waals surface area contributed by atoms with Gasteiger partial charge in [-0.05, 0) is 151 Å². The minimum Gasteiger partial charge on any atom is -0.311 e. The smallest absolute Gasteiger partial charge is 0.264 e. The molecule has 7 aromatic rings. The molecule has 1 aromatic heterocycles. The van der Waals surface area contributed by atoms with Gasteiger partial charge in [-0.15, -0.1) is 11.3 Å². The number of hydrogen-bond acceptors (Lipinski definition) is 3. The van der Waals surface area contributed by atoms with E-state index in [-0.39, 0.29) is 63.5 Å². The Hall–Kier alpha value is -5.06. The van der Waals surface area contributed by atoms with Crippen LogP contribution in [0.1, 0.15) is 143 Å². The largest absolute Gasteiger partial charge is 0.311 e. The van der Waals surface area contributed by atoms with Crippen molar-refractivity contribution in [3.63, 3.8) is 0 Å². The van der Waals surface area contributed by atoms with Gasteiger partial charge in [0.25, 0.3) is 6.71 Å². The maximum atomic E-state index is 9.36. The van der Waals surface area contributed by atoms with Gasteiger partial charge in [-0.1, -0.05) is 151 Å². The van der Waals surface area contributed by atoms with Crippen LogP contribution in [0.15, 0.2) is 115 Å². The average Bonchev–Trinajstić information content (AvgIpc) is 3.63. The van der Waals surface area contributed by atoms with Gasteiger partial charge in [-0.2, -0.15) is 0 Å². The molecule has 0 radical (unpaired) electrons. The molecule has 0 N–H and O–H groups in total. The highest BCUT2D eigenvalue weighted by Crippen LogP contribution is 2.53. The number of aryl methyl sites for hydroxylation is 1. The molecule has 0 amide bonds. The molecule has 0 atom stereocenters. The van der Waals surface area contributed by atoms with Crippen molar-refractivity contribution in [3.05, 3.63) is 149 Å². The van der Waals surface area contributed by atoms with Gasteiger partial charge in [0.15, 0.2) is 0 Å². The van der Waals surface area contributed by atoms with Crippen molar-refractivity contribution >= 4 is 78.0 Å². The quantitative estimate of drug-likeness (QED) is 0.163. The third-order valence-corrected chi connectivity index (χ3v) is 15.7. The lowest BCUT2D eigenvalue weighted by molar-refractivity contribution is 0.332. The zero-order chi connectivity index (χ0) is 49.1. The minimum absolute atomic E-state index is 0.0127. The van der Waals surface area contributed by atoms with Gasteiger partial charge in [-0.3, -0.25) is 0 Å². The Balaban J connectivity index is 1.35. The van der Waals surface area contributed by atoms with Crippen LogP contribution in [0, 0.1) is 6.92 Å². The average molecular weight is 850 g/mol. The lowest BCUT2D eigenvalue weighted by Crippen LogP contribution is -2.60. The monoisotopic (exact) mass is 850 g/mol. The van der Waals surface area contributed by atoms with E-state index in [1.807, 2.05) is 11.3 Å². The SMILES string of the molecule is [2H]c1c([2H])c([2H])c(-c2cc(C(C)(C)C)ccc2N2c3ccc(C(C)(C)C)cc3B3c4sc5cc6c(cc5c4N(c4ccc(C(C)(C)C)cc4)c4cc(C)cc2c43)C(C)(C)CCC6(C)C)c([2H])c1[2H]. The van der Waals surface area contributed by atoms with Gasteiger partial charge in [0, 0.05) is 43.2 Å². The summed E-state index contributed by atoms with van der Waals surface area (Å²) in [4.78, 5) is 4.89. The number of benzene rings is 6. The molecule has 0 fully saturated rings. The van der Waals surface area contributed by atoms with Gasteiger partial charge in [0.05, 0.1) is 18.2 Å². The van der Waals surface area contributed by atoms with Crippen molar-refractivity contribution in [2.24, 2.45) is 0 Å². The molecular weight excluding hydrogens is 780 g/mol. The molecule has 0 spiro atoms. The van der Waals surface area contributed by atoms with Gasteiger partial charge in [0.1, 0.15) is 0 Å². The Morgan fingerprint density at radius 3 is 1.73 bits per heavy atom. The Labute approximate surface area is 389 Å². The normalized spacial score (nSPS) is 17.6. The van der Waals surface area contributed by atoms with E-state index in [9.17, 15) is 2.74 Å². The molecule has 2 nitrogen and oxygen atoms in total. The van der Waals surface area contributed by atoms with Crippen molar-refractivity contribution in [2.75, 3.05) is 9.80 Å². The molecule has 320 valence electrons. The molecule has 3 aliphatic rings. The van der Waals surface area contributed by atoms with Crippen LogP contribution < -0.4 is 25.5 Å². The predicted octanol–water partition coefficient (Wildman–Crippen LogP) is 15.2. The molecule has 0 saturated heterocycles. The first-order valence-electron chi connectivity index (χ1n) is 25.4. The number of rotatable bonds is 3. The van der Waals surface area contributed by atoms with E-state index in [1.54, 1.807) is 0 Å². The molecule has 0 bridgehead atoms. The molecule has 10 rings (SSSR count). The summed E-state index contributed by atoms with van der Waals surface area (Å²) in [7, 11) is 0. The first kappa shape index (κ1) is 36.3. The fourth-order valence-electron chi connectivity index (χ4n) is 10.6. The third-order valence-electron chi connectivity index (χ3n) is 14.5. The van der Waals surface area contributed by atoms with Crippen molar-refractivity contribution in [2.45, 2.75) is 137 Å². The Bertz CT molecular complexity index is 3240. The van der Waals surface area contributed by atoms with E-state index >= 15 is 0 Å². The van der Waals surface area contributed by atoms with E-state index in [4.69, 9.17) is 4.11 Å². The molecule has 6 aromatic carbocycles. The highest BCUT2D eigenvalue weighted by molar-refractivity contribution is 7.33. The molecule has 63 heavy (non-hydrogen) atoms. The fraction of sp³-hybridized carbons (Fsp3) is 0.356. The second kappa shape index (κ2) is 14.0. The highest BCUT2D eigenvalue weighted by atomic mass is 32.1. The number of thiophene rings is 1. The van der Waals surface area contributed by atoms with E-state index in [1.165, 1.54) is 53.7 Å². The topological polar surface area (TPSA) is 6.48 Å². The molecule has 2 aliphatic heterocycles. The summed E-state index contributed by atoms with van der Waals surface area (Å²) in [6, 6.07) is 30.8. The molecular formula is C59H65BN2S. The van der Waals surface area contributed by atoms with Crippen LogP contribution in [0.5, 0.6) is 0 Å². The maximum absolute atomic E-state index is 9.36. The molecule has 0 saturated carbocycles. The van der Waals surface area contributed by atoms with Crippen LogP contribution >= 0.6 is 11.3 Å². The fourth-order valence-corrected chi connectivity index (χ4v) is 11.9. The van der Waals surface area contributed by atoms with E-state index in [2.05, 4.69) is 192 Å². The summed E-state index contributed by atoms with van der Waals surface area (Å²) in [5.41, 5.74) is 16.7. The highest BCUT2D eigenvalue weighted by Gasteiger charge is 2.47. The van der Waals surface area contributed by atoms with Crippen LogP contribution in [-0.2, 0) is 27.1 Å². The zero-order valence-corrected chi connectivity index (χ0v) is 40.7. The van der Waals surface area contributed by atoms with Crippen molar-refractivity contribution in [1.82, 2.24) is 0 Å². The lowest BCUT2D eigenvalue weighted by Gasteiger charge is -2.44. The zero-order valence-electron chi connectivity index (χ0n) is 44.9. The third kappa shape index (κ3) is 6.72. The molecule has 3 heterocycles. The van der Waals surface area contributed by atoms with Crippen LogP contribution in [0.2, 0.25) is 0 Å². The van der Waals surface area contributed by atoms with Crippen molar-refractivity contribution in [3.8, 4) is 11.1 Å². The Morgan fingerprint density at radius 2 is 1.13 bits per heavy atom. The number of hydrogen-bond donors (Lipinski definition) is 0. The Kier molecular flexibility index (Phi) is 8.05. The lowest BCUT2D eigenvalue weighted by atomic mass is 9.36. The van der Waals surface area contributed by atoms with Crippen LogP contribution in [0.3, 0.4) is 0 Å². The second-order valence-electron chi connectivity index (χ2n) is 23.1. The van der Waals surface area contributed by atoms with Gasteiger partial charge < -0.3 is 9.80 Å². The summed E-state index contributed by atoms with van der Waals surface area (Å²) in [5.74, 6) is 0. The minimum atomic E-state index is -0.395. The standard InChI is InChI=1S/C59H65BN2S/c1-36-30-49-52-50(31-36)62(47-26-22-39(56(5,6)7)32-42(47)37-18-16-15-17-19-37)48-27-23-40(57(8,9)10)33-46(48)60(52)54-53(61(49)41-24-20-38(21-25-41)55(2,3)4)43-34-44-45(35-51(43)63-54)59(13,14)29-28-58(44,11)12/h15-27,30-35H,28-29H2,1-14H3/i15D,16D,17D,18D,19D. The van der Waals surface area contributed by atoms with Gasteiger partial charge in [-0.25, -0.2) is 0 Å². The van der Waals surface area contributed by atoms with Crippen LogP contribution in [0.25, 0.3) is 21.2 Å². The summed E-state index contributed by atoms with van der Waals surface area (Å²) in [6.45, 7) is 31.9. The van der Waals surface area contributed by atoms with E-state index in [0.29, 0.717) is 5.56 Å². The van der Waals surface area contributed by atoms with E-state index in [0.717, 1.165) is 52.4 Å². The molecule has 1 aliphatic carbocycles. The second-order valence-corrected chi connectivity index (χ2v) is 24.2. The molecule has 4 heteroatoms. The summed E-state index contributed by atoms with van der Waals surface area (Å²) in [5, 5.41) is 1.29. The van der Waals surface area contributed by atoms with Crippen molar-refractivity contribution < 1.29 is 6.85 Å². The summed E-state index contributed by atoms with van der Waals surface area (Å²) in [6.07, 6.45) is 2.28. The van der Waals surface area contributed by atoms with Crippen molar-refractivity contribution in [1.29, 1.82) is 0 Å². The predicted molar refractivity (Wildman–Crippen MR) is 277 cm³/mol. The summed E-state index contributed by atoms with van der Waals surface area (Å²) >= 11 is 1.94.